The first-order valence-electron chi connectivity index (χ1n) is 11.5. The molecule has 1 aromatic heterocycles. The number of fused-ring (bicyclic) bond motifs is 1. The van der Waals surface area contributed by atoms with E-state index in [9.17, 15) is 9.59 Å². The number of nitrogens with zero attached hydrogens (tertiary/aromatic N) is 4. The summed E-state index contributed by atoms with van der Waals surface area (Å²) in [6, 6.07) is 0.260. The summed E-state index contributed by atoms with van der Waals surface area (Å²) in [5.41, 5.74) is -0.0126. The first kappa shape index (κ1) is 21.9. The predicted octanol–water partition coefficient (Wildman–Crippen LogP) is 1.97. The highest BCUT2D eigenvalue weighted by molar-refractivity contribution is 5.73. The van der Waals surface area contributed by atoms with E-state index in [0.717, 1.165) is 44.7 Å². The molecule has 0 bridgehead atoms. The monoisotopic (exact) mass is 406 g/mol. The SMILES string of the molecule is CC(C)C(CNC(=O)NCCCn1nc2n(c1=O)CCCC2)N1CCCCCC1. The zero-order valence-corrected chi connectivity index (χ0v) is 18.2. The van der Waals surface area contributed by atoms with Crippen molar-refractivity contribution in [2.75, 3.05) is 26.2 Å². The van der Waals surface area contributed by atoms with Crippen LogP contribution in [-0.4, -0.2) is 57.5 Å². The lowest BCUT2D eigenvalue weighted by atomic mass is 10.0. The van der Waals surface area contributed by atoms with Gasteiger partial charge < -0.3 is 10.6 Å². The van der Waals surface area contributed by atoms with Crippen molar-refractivity contribution in [3.8, 4) is 0 Å². The Balaban J connectivity index is 1.38. The molecule has 8 heteroatoms. The molecule has 3 heterocycles. The Morgan fingerprint density at radius 3 is 2.45 bits per heavy atom. The van der Waals surface area contributed by atoms with E-state index >= 15 is 0 Å². The molecule has 0 radical (unpaired) electrons. The van der Waals surface area contributed by atoms with Gasteiger partial charge in [0.05, 0.1) is 0 Å². The maximum Gasteiger partial charge on any atom is 0.345 e. The molecule has 1 unspecified atom stereocenters. The molecule has 0 aliphatic carbocycles. The van der Waals surface area contributed by atoms with Crippen LogP contribution in [0.25, 0.3) is 0 Å². The van der Waals surface area contributed by atoms with Crippen LogP contribution in [0.4, 0.5) is 4.79 Å². The highest BCUT2D eigenvalue weighted by atomic mass is 16.2. The summed E-state index contributed by atoms with van der Waals surface area (Å²) in [6.45, 7) is 9.28. The quantitative estimate of drug-likeness (QED) is 0.647. The fourth-order valence-electron chi connectivity index (χ4n) is 4.50. The van der Waals surface area contributed by atoms with Crippen molar-refractivity contribution in [1.29, 1.82) is 0 Å². The molecule has 3 rings (SSSR count). The van der Waals surface area contributed by atoms with Gasteiger partial charge in [0, 0.05) is 38.6 Å². The van der Waals surface area contributed by atoms with Crippen molar-refractivity contribution in [1.82, 2.24) is 29.9 Å². The highest BCUT2D eigenvalue weighted by Crippen LogP contribution is 2.17. The summed E-state index contributed by atoms with van der Waals surface area (Å²) in [7, 11) is 0. The molecule has 2 N–H and O–H groups in total. The lowest BCUT2D eigenvalue weighted by Gasteiger charge is -2.33. The number of carbonyl (C=O) groups is 1. The van der Waals surface area contributed by atoms with Crippen molar-refractivity contribution < 1.29 is 4.79 Å². The number of aryl methyl sites for hydroxylation is 2. The van der Waals surface area contributed by atoms with Gasteiger partial charge in [-0.05, 0) is 51.1 Å². The summed E-state index contributed by atoms with van der Waals surface area (Å²) in [5.74, 6) is 1.41. The van der Waals surface area contributed by atoms with E-state index in [1.807, 2.05) is 0 Å². The largest absolute Gasteiger partial charge is 0.345 e. The molecular weight excluding hydrogens is 368 g/mol. The number of amides is 2. The molecule has 2 aliphatic heterocycles. The van der Waals surface area contributed by atoms with Gasteiger partial charge in [-0.1, -0.05) is 26.7 Å². The topological polar surface area (TPSA) is 84.2 Å². The minimum atomic E-state index is -0.123. The molecule has 29 heavy (non-hydrogen) atoms. The average Bonchev–Trinajstić information content (AvgIpc) is 2.87. The van der Waals surface area contributed by atoms with E-state index in [2.05, 4.69) is 34.5 Å². The van der Waals surface area contributed by atoms with Gasteiger partial charge in [-0.15, -0.1) is 0 Å². The molecule has 164 valence electrons. The molecular formula is C21H38N6O2. The second-order valence-corrected chi connectivity index (χ2v) is 8.78. The second kappa shape index (κ2) is 10.8. The van der Waals surface area contributed by atoms with Crippen LogP contribution < -0.4 is 16.3 Å². The third-order valence-electron chi connectivity index (χ3n) is 6.21. The maximum atomic E-state index is 12.3. The summed E-state index contributed by atoms with van der Waals surface area (Å²) in [6.07, 6.45) is 8.89. The number of hydrogen-bond acceptors (Lipinski definition) is 4. The Morgan fingerprint density at radius 1 is 1.03 bits per heavy atom. The third kappa shape index (κ3) is 6.07. The fourth-order valence-corrected chi connectivity index (χ4v) is 4.50. The normalized spacial score (nSPS) is 18.9. The summed E-state index contributed by atoms with van der Waals surface area (Å²) < 4.78 is 3.34. The van der Waals surface area contributed by atoms with Crippen LogP contribution in [-0.2, 0) is 19.5 Å². The van der Waals surface area contributed by atoms with E-state index in [1.54, 1.807) is 9.25 Å². The molecule has 1 atom stereocenters. The zero-order chi connectivity index (χ0) is 20.6. The minimum Gasteiger partial charge on any atom is -0.338 e. The van der Waals surface area contributed by atoms with Gasteiger partial charge in [0.1, 0.15) is 5.82 Å². The molecule has 0 saturated carbocycles. The van der Waals surface area contributed by atoms with E-state index in [-0.39, 0.29) is 11.7 Å². The maximum absolute atomic E-state index is 12.3. The van der Waals surface area contributed by atoms with Crippen LogP contribution in [0.1, 0.15) is 64.6 Å². The Hall–Kier alpha value is -1.83. The highest BCUT2D eigenvalue weighted by Gasteiger charge is 2.23. The summed E-state index contributed by atoms with van der Waals surface area (Å²) in [5, 5.41) is 10.4. The van der Waals surface area contributed by atoms with E-state index in [0.29, 0.717) is 38.0 Å². The third-order valence-corrected chi connectivity index (χ3v) is 6.21. The molecule has 2 amide bonds. The Labute approximate surface area is 174 Å². The zero-order valence-electron chi connectivity index (χ0n) is 18.2. The summed E-state index contributed by atoms with van der Waals surface area (Å²) >= 11 is 0. The van der Waals surface area contributed by atoms with Crippen LogP contribution in [0.15, 0.2) is 4.79 Å². The van der Waals surface area contributed by atoms with Gasteiger partial charge in [0.2, 0.25) is 0 Å². The van der Waals surface area contributed by atoms with Gasteiger partial charge in [-0.3, -0.25) is 9.47 Å². The lowest BCUT2D eigenvalue weighted by Crippen LogP contribution is -2.49. The van der Waals surface area contributed by atoms with E-state index in [4.69, 9.17) is 0 Å². The van der Waals surface area contributed by atoms with Gasteiger partial charge >= 0.3 is 11.7 Å². The first-order valence-corrected chi connectivity index (χ1v) is 11.5. The number of nitrogens with one attached hydrogen (secondary N) is 2. The molecule has 1 saturated heterocycles. The van der Waals surface area contributed by atoms with Crippen LogP contribution in [0, 0.1) is 5.92 Å². The summed E-state index contributed by atoms with van der Waals surface area (Å²) in [4.78, 5) is 27.1. The minimum absolute atomic E-state index is 0.0126. The molecule has 0 aromatic carbocycles. The fraction of sp³-hybridized carbons (Fsp3) is 0.857. The van der Waals surface area contributed by atoms with Gasteiger partial charge in [0.25, 0.3) is 0 Å². The molecule has 2 aliphatic rings. The van der Waals surface area contributed by atoms with Crippen LogP contribution in [0.5, 0.6) is 0 Å². The van der Waals surface area contributed by atoms with E-state index in [1.165, 1.54) is 25.7 Å². The van der Waals surface area contributed by atoms with E-state index < -0.39 is 0 Å². The molecule has 1 aromatic rings. The van der Waals surface area contributed by atoms with Crippen molar-refractivity contribution in [3.05, 3.63) is 16.3 Å². The standard InChI is InChI=1S/C21H38N6O2/c1-17(2)18(25-12-6-3-4-7-13-25)16-23-20(28)22-11-9-15-27-21(29)26-14-8-5-10-19(26)24-27/h17-18H,3-16H2,1-2H3,(H2,22,23,28). The number of likely N-dealkylation sites (tertiary alicyclic amines) is 1. The van der Waals surface area contributed by atoms with Crippen LogP contribution >= 0.6 is 0 Å². The number of hydrogen-bond donors (Lipinski definition) is 2. The number of aromatic nitrogens is 3. The van der Waals surface area contributed by atoms with Crippen molar-refractivity contribution >= 4 is 6.03 Å². The molecule has 0 spiro atoms. The smallest absolute Gasteiger partial charge is 0.338 e. The predicted molar refractivity (Wildman–Crippen MR) is 114 cm³/mol. The number of urea groups is 1. The van der Waals surface area contributed by atoms with Crippen molar-refractivity contribution in [3.63, 3.8) is 0 Å². The van der Waals surface area contributed by atoms with Crippen LogP contribution in [0.2, 0.25) is 0 Å². The number of carbonyl (C=O) groups excluding carboxylic acids is 1. The van der Waals surface area contributed by atoms with Gasteiger partial charge in [-0.25, -0.2) is 14.3 Å². The number of rotatable bonds is 8. The Bertz CT molecular complexity index is 703. The second-order valence-electron chi connectivity index (χ2n) is 8.78. The van der Waals surface area contributed by atoms with Gasteiger partial charge in [0.15, 0.2) is 0 Å². The Kier molecular flexibility index (Phi) is 8.15. The average molecular weight is 407 g/mol. The molecule has 8 nitrogen and oxygen atoms in total. The Morgan fingerprint density at radius 2 is 1.76 bits per heavy atom. The lowest BCUT2D eigenvalue weighted by molar-refractivity contribution is 0.157. The molecule has 1 fully saturated rings. The van der Waals surface area contributed by atoms with Crippen molar-refractivity contribution in [2.45, 2.75) is 84.3 Å². The van der Waals surface area contributed by atoms with Gasteiger partial charge in [-0.2, -0.15) is 5.10 Å². The first-order chi connectivity index (χ1) is 14.1. The van der Waals surface area contributed by atoms with Crippen molar-refractivity contribution in [2.24, 2.45) is 5.92 Å². The van der Waals surface area contributed by atoms with Crippen LogP contribution in [0.3, 0.4) is 0 Å².